The smallest absolute Gasteiger partial charge is 0.336 e. The fourth-order valence-corrected chi connectivity index (χ4v) is 13.8. The van der Waals surface area contributed by atoms with Crippen molar-refractivity contribution in [2.45, 2.75) is 261 Å². The third-order valence-electron chi connectivity index (χ3n) is 18.6. The van der Waals surface area contributed by atoms with Crippen molar-refractivity contribution in [2.24, 2.45) is 11.8 Å². The molecule has 0 spiro atoms. The number of likely N-dealkylation sites (N-methyl/N-ethyl adjacent to an activating group) is 2. The molecule has 0 saturated carbocycles. The number of fused-ring (bicyclic) bond motifs is 4. The second-order valence-electron chi connectivity index (χ2n) is 27.0. The Kier molecular flexibility index (Phi) is 24.5. The highest BCUT2D eigenvalue weighted by molar-refractivity contribution is 6.74. The zero-order chi connectivity index (χ0) is 64.5. The molecule has 2 aromatic heterocycles. The highest BCUT2D eigenvalue weighted by Crippen LogP contribution is 2.44. The zero-order valence-electron chi connectivity index (χ0n) is 54.9. The van der Waals surface area contributed by atoms with Gasteiger partial charge in [-0.2, -0.15) is 0 Å². The van der Waals surface area contributed by atoms with Gasteiger partial charge in [-0.1, -0.05) is 57.2 Å². The summed E-state index contributed by atoms with van der Waals surface area (Å²) in [5.41, 5.74) is -0.879. The molecule has 23 nitrogen and oxygen atoms in total. The highest BCUT2D eigenvalue weighted by atomic mass is 28.4. The van der Waals surface area contributed by atoms with Crippen LogP contribution in [0.5, 0.6) is 5.75 Å². The highest BCUT2D eigenvalue weighted by Gasteiger charge is 2.54. The molecule has 89 heavy (non-hydrogen) atoms. The van der Waals surface area contributed by atoms with Crippen molar-refractivity contribution in [2.75, 3.05) is 34.9 Å². The first-order valence-electron chi connectivity index (χ1n) is 31.9. The second kappa shape index (κ2) is 30.9. The van der Waals surface area contributed by atoms with Gasteiger partial charge in [-0.05, 0) is 136 Å². The average molecular weight is 1270 g/mol. The van der Waals surface area contributed by atoms with Gasteiger partial charge in [-0.25, -0.2) is 9.48 Å². The summed E-state index contributed by atoms with van der Waals surface area (Å²) in [6.07, 6.45) is 1.94. The molecule has 1 aromatic carbocycles. The number of esters is 2. The molecular formula is C65H101N5O18Si. The minimum absolute atomic E-state index is 0.0558. The molecular weight excluding hydrogens is 1170 g/mol. The normalized spacial score (nSPS) is 36.1. The van der Waals surface area contributed by atoms with E-state index in [2.05, 4.69) is 69.4 Å². The largest absolute Gasteiger partial charge is 0.492 e. The predicted octanol–water partition coefficient (Wildman–Crippen LogP) is 7.52. The Balaban J connectivity index is 0.937. The molecule has 2 bridgehead atoms. The van der Waals surface area contributed by atoms with E-state index in [1.54, 1.807) is 50.0 Å². The van der Waals surface area contributed by atoms with Crippen LogP contribution in [0.15, 0.2) is 70.0 Å². The topological polar surface area (TPSA) is 262 Å². The van der Waals surface area contributed by atoms with Crippen molar-refractivity contribution in [1.29, 1.82) is 0 Å². The van der Waals surface area contributed by atoms with Gasteiger partial charge < -0.3 is 81.4 Å². The molecule has 498 valence electrons. The van der Waals surface area contributed by atoms with Gasteiger partial charge in [0.1, 0.15) is 54.2 Å². The first-order valence-corrected chi connectivity index (χ1v) is 34.8. The molecule has 7 heterocycles. The number of benzene rings is 1. The maximum absolute atomic E-state index is 14.0. The van der Waals surface area contributed by atoms with E-state index in [0.717, 1.165) is 11.8 Å². The number of nitrogens with one attached hydrogen (secondary N) is 1. The van der Waals surface area contributed by atoms with Gasteiger partial charge in [-0.3, -0.25) is 9.59 Å². The van der Waals surface area contributed by atoms with Crippen molar-refractivity contribution < 1.29 is 80.8 Å². The number of aliphatic hydroxyl groups is 2. The quantitative estimate of drug-likeness (QED) is 0.0561. The molecule has 0 radical (unpaired) electrons. The Morgan fingerprint density at radius 1 is 0.910 bits per heavy atom. The van der Waals surface area contributed by atoms with Gasteiger partial charge in [0.05, 0.1) is 61.3 Å². The number of hydrogen-bond donors (Lipinski definition) is 3. The van der Waals surface area contributed by atoms with E-state index in [4.69, 9.17) is 60.9 Å². The van der Waals surface area contributed by atoms with Gasteiger partial charge >= 0.3 is 17.6 Å². The molecule has 3 N–H and O–H groups in total. The fourth-order valence-electron chi connectivity index (χ4n) is 12.7. The minimum atomic E-state index is -2.51. The number of aliphatic hydroxyl groups excluding tert-OH is 1. The number of carbonyl (C=O) groups excluding carboxylic acids is 2. The van der Waals surface area contributed by atoms with E-state index in [1.165, 1.54) is 6.07 Å². The summed E-state index contributed by atoms with van der Waals surface area (Å²) >= 11 is 0. The van der Waals surface area contributed by atoms with E-state index in [0.29, 0.717) is 68.7 Å². The number of nitrogens with zero attached hydrogens (tertiary/aromatic N) is 4. The number of methoxy groups -OCH3 is 1. The monoisotopic (exact) mass is 1270 g/mol. The van der Waals surface area contributed by atoms with E-state index in [-0.39, 0.29) is 48.3 Å². The van der Waals surface area contributed by atoms with E-state index in [9.17, 15) is 24.6 Å². The van der Waals surface area contributed by atoms with Crippen LogP contribution < -0.4 is 15.7 Å². The summed E-state index contributed by atoms with van der Waals surface area (Å²) in [5, 5.41) is 37.1. The van der Waals surface area contributed by atoms with Crippen LogP contribution in [0.3, 0.4) is 0 Å². The molecule has 0 amide bonds. The minimum Gasteiger partial charge on any atom is -0.492 e. The van der Waals surface area contributed by atoms with Crippen LogP contribution in [0.1, 0.15) is 126 Å². The molecule has 5 aliphatic rings. The van der Waals surface area contributed by atoms with Gasteiger partial charge in [0.2, 0.25) is 0 Å². The molecule has 3 aromatic rings. The summed E-state index contributed by atoms with van der Waals surface area (Å²) in [6, 6.07) is 7.84. The number of rotatable bonds is 20. The summed E-state index contributed by atoms with van der Waals surface area (Å²) in [6.45, 7) is 22.8. The zero-order valence-corrected chi connectivity index (χ0v) is 55.9. The predicted molar refractivity (Wildman–Crippen MR) is 332 cm³/mol. The number of carbonyl (C=O) groups is 2. The van der Waals surface area contributed by atoms with Crippen LogP contribution >= 0.6 is 0 Å². The van der Waals surface area contributed by atoms with Crippen molar-refractivity contribution >= 4 is 31.2 Å². The van der Waals surface area contributed by atoms with Crippen molar-refractivity contribution in [1.82, 2.24) is 25.2 Å². The average Bonchev–Trinajstić information content (AvgIpc) is 2.33. The van der Waals surface area contributed by atoms with Crippen LogP contribution in [-0.2, 0) is 74.3 Å². The number of cyclic esters (lactones) is 1. The lowest BCUT2D eigenvalue weighted by atomic mass is 9.82. The summed E-state index contributed by atoms with van der Waals surface area (Å²) < 4.78 is 85.7. The molecule has 4 saturated heterocycles. The Morgan fingerprint density at radius 3 is 2.37 bits per heavy atom. The lowest BCUT2D eigenvalue weighted by Crippen LogP contribution is -2.65. The number of aromatic nitrogens is 3. The Bertz CT molecular complexity index is 2880. The van der Waals surface area contributed by atoms with Crippen LogP contribution in [0, 0.1) is 11.8 Å². The number of aryl methyl sites for hydroxylation is 1. The maximum atomic E-state index is 14.0. The van der Waals surface area contributed by atoms with Crippen LogP contribution in [-0.4, -0.2) is 195 Å². The molecule has 8 rings (SSSR count). The lowest BCUT2D eigenvalue weighted by Gasteiger charge is -2.50. The fraction of sp³-hybridized carbons (Fsp3) is 0.738. The molecule has 0 aliphatic carbocycles. The first kappa shape index (κ1) is 70.4. The standard InChI is InChI=1S/C65H101N5O18Si/c1-38-32-44-33-55(88-89(14,15)64(6,7)8)84-50(35-53(73)78-39(2)20-17-16-18-22-48(38)83-54-29-27-47(66-10)40(3)79-54)61(76-13)60(44)87-63-58(74)57(69(11)12)59(41(4)81-63)86-56-36-65(9,75)62(42(5)80-56)85-51(71)23-19-21-45-37-70(68-67-45)30-31-77-46-26-24-43-25-28-52(72)82-49(43)34-46/h16-18,22,24-26,28,34,37-42,44,47-48,50,54-63,66,74-75H,19-21,23,27,29-33,35-36H2,1-15H3/b17-16-,22-18+/t38-,39-,40-,41-,42+,44-,47+,48+,50-,54+,55?,56+,57-,58-,59-,60+,61+,62+,63+,65-/m1/s1. The number of allylic oxidation sites excluding steroid dienone is 2. The second-order valence-corrected chi connectivity index (χ2v) is 31.8. The van der Waals surface area contributed by atoms with Gasteiger partial charge in [0.25, 0.3) is 0 Å². The van der Waals surface area contributed by atoms with E-state index < -0.39 is 124 Å². The summed E-state index contributed by atoms with van der Waals surface area (Å²) in [7, 11) is 4.69. The van der Waals surface area contributed by atoms with Crippen molar-refractivity contribution in [3.05, 3.63) is 76.9 Å². The molecule has 4 fully saturated rings. The number of hydrogen-bond acceptors (Lipinski definition) is 22. The van der Waals surface area contributed by atoms with Crippen LogP contribution in [0.4, 0.5) is 0 Å². The third-order valence-corrected chi connectivity index (χ3v) is 23.0. The molecule has 24 heteroatoms. The lowest BCUT2D eigenvalue weighted by molar-refractivity contribution is -0.343. The van der Waals surface area contributed by atoms with Crippen LogP contribution in [0.2, 0.25) is 18.1 Å². The summed E-state index contributed by atoms with van der Waals surface area (Å²) in [5.74, 6) is -0.914. The van der Waals surface area contributed by atoms with Gasteiger partial charge in [0, 0.05) is 62.6 Å². The molecule has 20 atom stereocenters. The molecule has 1 unspecified atom stereocenters. The van der Waals surface area contributed by atoms with Crippen molar-refractivity contribution in [3.8, 4) is 5.75 Å². The number of ether oxygens (including phenoxy) is 11. The van der Waals surface area contributed by atoms with E-state index in [1.807, 2.05) is 64.2 Å². The van der Waals surface area contributed by atoms with Crippen molar-refractivity contribution in [3.63, 3.8) is 0 Å². The first-order chi connectivity index (χ1) is 42.1. The van der Waals surface area contributed by atoms with Crippen LogP contribution in [0.25, 0.3) is 11.0 Å². The van der Waals surface area contributed by atoms with E-state index >= 15 is 0 Å². The third kappa shape index (κ3) is 18.6. The maximum Gasteiger partial charge on any atom is 0.336 e. The Morgan fingerprint density at radius 2 is 1.66 bits per heavy atom. The SMILES string of the molecule is CN[C@H]1CC[C@H](O[C@H]2/C=C/C=C\C[C@@H](C)OC(=O)C[C@H]3OC(O[Si](C)(C)C(C)(C)C)C[C@@H](C[C@H]2C)[C@H](O[C@@H]2O[C@H](C)[C@@H](O[C@H]4C[C@@](C)(O)[C@@H](OC(=O)CCCc5cn(CCOc6ccc7ccc(=O)oc7c6)nn5)[C@H](C)O4)[C@H](N(C)C)[C@H]2O)[C@H]3OC)O[C@@H]1C. The summed E-state index contributed by atoms with van der Waals surface area (Å²) in [4.78, 5) is 40.9. The molecule has 5 aliphatic heterocycles. The Hall–Kier alpha value is -4.51. The Labute approximate surface area is 525 Å². The van der Waals surface area contributed by atoms with Gasteiger partial charge in [-0.15, -0.1) is 5.10 Å². The van der Waals surface area contributed by atoms with Gasteiger partial charge in [0.15, 0.2) is 33.3 Å².